The molecule has 0 radical (unpaired) electrons. The Morgan fingerprint density at radius 3 is 2.31 bits per heavy atom. The monoisotopic (exact) mass is 227 g/mol. The maximum absolute atomic E-state index is 11.8. The lowest BCUT2D eigenvalue weighted by Crippen LogP contribution is -2.62. The number of amides is 1. The lowest BCUT2D eigenvalue weighted by molar-refractivity contribution is -0.130. The predicted octanol–water partition coefficient (Wildman–Crippen LogP) is 2.22. The summed E-state index contributed by atoms with van der Waals surface area (Å²) in [6.45, 7) is 9.67. The topological polar surface area (TPSA) is 46.6 Å². The van der Waals surface area contributed by atoms with Gasteiger partial charge >= 0.3 is 6.09 Å². The second-order valence-electron chi connectivity index (χ2n) is 5.36. The summed E-state index contributed by atoms with van der Waals surface area (Å²) in [4.78, 5) is 24.7. The lowest BCUT2D eigenvalue weighted by atomic mass is 9.84. The summed E-state index contributed by atoms with van der Waals surface area (Å²) < 4.78 is 5.25. The van der Waals surface area contributed by atoms with Crippen LogP contribution in [0.1, 0.15) is 41.0 Å². The van der Waals surface area contributed by atoms with Gasteiger partial charge in [-0.15, -0.1) is 0 Å². The minimum atomic E-state index is -0.504. The normalized spacial score (nSPS) is 24.9. The van der Waals surface area contributed by atoms with E-state index in [9.17, 15) is 9.59 Å². The van der Waals surface area contributed by atoms with Crippen LogP contribution in [0.4, 0.5) is 4.79 Å². The number of ketones is 1. The maximum atomic E-state index is 11.8. The average molecular weight is 227 g/mol. The Bertz CT molecular complexity index is 293. The van der Waals surface area contributed by atoms with E-state index in [0.29, 0.717) is 12.5 Å². The quantitative estimate of drug-likeness (QED) is 0.726. The van der Waals surface area contributed by atoms with Crippen LogP contribution in [0.2, 0.25) is 0 Å². The first kappa shape index (κ1) is 13.0. The molecule has 1 saturated heterocycles. The van der Waals surface area contributed by atoms with Gasteiger partial charge in [-0.3, -0.25) is 9.69 Å². The molecule has 0 aliphatic carbocycles. The minimum absolute atomic E-state index is 0.0453. The van der Waals surface area contributed by atoms with Crippen LogP contribution in [0.15, 0.2) is 0 Å². The third kappa shape index (κ3) is 2.74. The standard InChI is InChI=1S/C12H21NO3/c1-6-9-7-13(10(9)8(2)14)11(15)16-12(3,4)5/h9-10H,6-7H2,1-5H3. The summed E-state index contributed by atoms with van der Waals surface area (Å²) in [5, 5.41) is 0. The zero-order valence-electron chi connectivity index (χ0n) is 10.7. The molecule has 16 heavy (non-hydrogen) atoms. The van der Waals surface area contributed by atoms with Gasteiger partial charge in [-0.2, -0.15) is 0 Å². The first-order valence-electron chi connectivity index (χ1n) is 5.76. The summed E-state index contributed by atoms with van der Waals surface area (Å²) in [6, 6.07) is -0.278. The Kier molecular flexibility index (Phi) is 3.61. The molecule has 0 saturated carbocycles. The first-order valence-corrected chi connectivity index (χ1v) is 5.76. The molecule has 0 aromatic heterocycles. The van der Waals surface area contributed by atoms with E-state index in [4.69, 9.17) is 4.74 Å². The fourth-order valence-electron chi connectivity index (χ4n) is 1.99. The molecule has 4 heteroatoms. The third-order valence-corrected chi connectivity index (χ3v) is 2.78. The molecule has 0 bridgehead atoms. The lowest BCUT2D eigenvalue weighted by Gasteiger charge is -2.46. The third-order valence-electron chi connectivity index (χ3n) is 2.78. The van der Waals surface area contributed by atoms with Crippen LogP contribution < -0.4 is 0 Å². The molecule has 0 N–H and O–H groups in total. The van der Waals surface area contributed by atoms with Gasteiger partial charge < -0.3 is 4.74 Å². The molecule has 2 unspecified atom stereocenters. The number of nitrogens with zero attached hydrogens (tertiary/aromatic N) is 1. The number of carbonyl (C=O) groups is 2. The van der Waals surface area contributed by atoms with Crippen molar-refractivity contribution in [1.82, 2.24) is 4.90 Å². The molecule has 1 fully saturated rings. The summed E-state index contributed by atoms with van der Waals surface area (Å²) in [5.41, 5.74) is -0.504. The van der Waals surface area contributed by atoms with Crippen molar-refractivity contribution < 1.29 is 14.3 Å². The Morgan fingerprint density at radius 1 is 1.38 bits per heavy atom. The number of carbonyl (C=O) groups excluding carboxylic acids is 2. The van der Waals surface area contributed by atoms with Crippen LogP contribution in [-0.4, -0.2) is 35.0 Å². The summed E-state index contributed by atoms with van der Waals surface area (Å²) >= 11 is 0. The molecule has 1 amide bonds. The highest BCUT2D eigenvalue weighted by molar-refractivity contribution is 5.87. The fourth-order valence-corrected chi connectivity index (χ4v) is 1.99. The van der Waals surface area contributed by atoms with Crippen molar-refractivity contribution in [2.45, 2.75) is 52.7 Å². The van der Waals surface area contributed by atoms with E-state index >= 15 is 0 Å². The number of Topliss-reactive ketones (excluding diaryl/α,β-unsaturated/α-hetero) is 1. The first-order chi connectivity index (χ1) is 7.26. The van der Waals surface area contributed by atoms with Crippen LogP contribution in [0, 0.1) is 5.92 Å². The van der Waals surface area contributed by atoms with Gasteiger partial charge in [-0.1, -0.05) is 6.92 Å². The SMILES string of the molecule is CCC1CN(C(=O)OC(C)(C)C)C1C(C)=O. The van der Waals surface area contributed by atoms with E-state index in [1.807, 2.05) is 27.7 Å². The molecule has 0 spiro atoms. The van der Waals surface area contributed by atoms with Crippen LogP contribution >= 0.6 is 0 Å². The van der Waals surface area contributed by atoms with E-state index in [2.05, 4.69) is 0 Å². The Labute approximate surface area is 96.9 Å². The van der Waals surface area contributed by atoms with Crippen molar-refractivity contribution in [2.24, 2.45) is 5.92 Å². The number of likely N-dealkylation sites (tertiary alicyclic amines) is 1. The molecule has 1 rings (SSSR count). The fraction of sp³-hybridized carbons (Fsp3) is 0.833. The number of rotatable bonds is 2. The number of hydrogen-bond acceptors (Lipinski definition) is 3. The largest absolute Gasteiger partial charge is 0.444 e. The van der Waals surface area contributed by atoms with Gasteiger partial charge in [-0.05, 0) is 34.1 Å². The molecular weight excluding hydrogens is 206 g/mol. The Morgan fingerprint density at radius 2 is 1.94 bits per heavy atom. The number of ether oxygens (including phenoxy) is 1. The van der Waals surface area contributed by atoms with Gasteiger partial charge in [0.25, 0.3) is 0 Å². The van der Waals surface area contributed by atoms with Crippen LogP contribution in [0.5, 0.6) is 0 Å². The van der Waals surface area contributed by atoms with Gasteiger partial charge in [0.1, 0.15) is 5.60 Å². The second-order valence-corrected chi connectivity index (χ2v) is 5.36. The molecule has 0 aromatic rings. The maximum Gasteiger partial charge on any atom is 0.410 e. The van der Waals surface area contributed by atoms with Crippen molar-refractivity contribution in [3.05, 3.63) is 0 Å². The molecule has 2 atom stereocenters. The van der Waals surface area contributed by atoms with Gasteiger partial charge in [-0.25, -0.2) is 4.79 Å². The molecule has 1 heterocycles. The molecule has 1 aliphatic rings. The number of hydrogen-bond donors (Lipinski definition) is 0. The van der Waals surface area contributed by atoms with Gasteiger partial charge in [0.15, 0.2) is 5.78 Å². The molecule has 0 aromatic carbocycles. The van der Waals surface area contributed by atoms with E-state index in [1.54, 1.807) is 0 Å². The zero-order chi connectivity index (χ0) is 12.5. The van der Waals surface area contributed by atoms with E-state index in [0.717, 1.165) is 6.42 Å². The minimum Gasteiger partial charge on any atom is -0.444 e. The highest BCUT2D eigenvalue weighted by Crippen LogP contribution is 2.29. The van der Waals surface area contributed by atoms with Crippen molar-refractivity contribution >= 4 is 11.9 Å². The highest BCUT2D eigenvalue weighted by atomic mass is 16.6. The van der Waals surface area contributed by atoms with Crippen molar-refractivity contribution in [3.63, 3.8) is 0 Å². The van der Waals surface area contributed by atoms with Gasteiger partial charge in [0, 0.05) is 12.5 Å². The predicted molar refractivity (Wildman–Crippen MR) is 61.2 cm³/mol. The van der Waals surface area contributed by atoms with Crippen LogP contribution in [0.3, 0.4) is 0 Å². The molecular formula is C12H21NO3. The van der Waals surface area contributed by atoms with Gasteiger partial charge in [0.05, 0.1) is 6.04 Å². The zero-order valence-corrected chi connectivity index (χ0v) is 10.7. The average Bonchev–Trinajstić information content (AvgIpc) is 1.97. The summed E-state index contributed by atoms with van der Waals surface area (Å²) in [5.74, 6) is 0.342. The van der Waals surface area contributed by atoms with E-state index in [-0.39, 0.29) is 17.9 Å². The van der Waals surface area contributed by atoms with Crippen LogP contribution in [0.25, 0.3) is 0 Å². The van der Waals surface area contributed by atoms with Crippen molar-refractivity contribution in [2.75, 3.05) is 6.54 Å². The van der Waals surface area contributed by atoms with Crippen molar-refractivity contribution in [1.29, 1.82) is 0 Å². The Balaban J connectivity index is 2.62. The highest BCUT2D eigenvalue weighted by Gasteiger charge is 2.45. The van der Waals surface area contributed by atoms with E-state index < -0.39 is 5.60 Å². The molecule has 1 aliphatic heterocycles. The van der Waals surface area contributed by atoms with Crippen molar-refractivity contribution in [3.8, 4) is 0 Å². The summed E-state index contributed by atoms with van der Waals surface area (Å²) in [7, 11) is 0. The molecule has 92 valence electrons. The van der Waals surface area contributed by atoms with Crippen LogP contribution in [-0.2, 0) is 9.53 Å². The second kappa shape index (κ2) is 4.44. The molecule has 4 nitrogen and oxygen atoms in total. The smallest absolute Gasteiger partial charge is 0.410 e. The van der Waals surface area contributed by atoms with E-state index in [1.165, 1.54) is 11.8 Å². The summed E-state index contributed by atoms with van der Waals surface area (Å²) in [6.07, 6.45) is 0.543. The van der Waals surface area contributed by atoms with Gasteiger partial charge in [0.2, 0.25) is 0 Å². The Hall–Kier alpha value is -1.06.